The molecule has 3 aromatic rings. The van der Waals surface area contributed by atoms with E-state index < -0.39 is 11.6 Å². The summed E-state index contributed by atoms with van der Waals surface area (Å²) in [5, 5.41) is 5.68. The molecule has 5 rings (SSSR count). The van der Waals surface area contributed by atoms with Crippen LogP contribution in [0.25, 0.3) is 11.4 Å². The molecular formula is C24H23F2N5O2. The minimum absolute atomic E-state index is 0.107. The van der Waals surface area contributed by atoms with Gasteiger partial charge >= 0.3 is 0 Å². The number of nitrogens with one attached hydrogen (secondary N) is 2. The molecule has 2 aliphatic rings. The second kappa shape index (κ2) is 9.32. The van der Waals surface area contributed by atoms with Crippen molar-refractivity contribution in [1.29, 1.82) is 0 Å². The van der Waals surface area contributed by atoms with Crippen LogP contribution in [0.1, 0.15) is 29.4 Å². The van der Waals surface area contributed by atoms with E-state index in [0.717, 1.165) is 25.1 Å². The summed E-state index contributed by atoms with van der Waals surface area (Å²) in [5.41, 5.74) is 1.06. The number of para-hydroxylation sites is 1. The molecule has 1 atom stereocenters. The molecule has 3 heterocycles. The molecule has 1 saturated heterocycles. The first kappa shape index (κ1) is 22.3. The summed E-state index contributed by atoms with van der Waals surface area (Å²) in [7, 11) is 1.85. The van der Waals surface area contributed by atoms with Crippen molar-refractivity contribution in [2.45, 2.75) is 19.9 Å². The normalized spacial score (nSPS) is 16.7. The van der Waals surface area contributed by atoms with Gasteiger partial charge in [0, 0.05) is 25.2 Å². The highest BCUT2D eigenvalue weighted by Gasteiger charge is 2.28. The summed E-state index contributed by atoms with van der Waals surface area (Å²) >= 11 is 0. The van der Waals surface area contributed by atoms with Crippen LogP contribution in [0.15, 0.2) is 48.5 Å². The van der Waals surface area contributed by atoms with Crippen molar-refractivity contribution in [2.24, 2.45) is 5.92 Å². The molecule has 2 aliphatic heterocycles. The molecule has 1 aromatic heterocycles. The number of carbonyl (C=O) groups excluding carboxylic acids is 2. The SMILES string of the molecule is CC1CCN(C)C1=O.O=C1NCc2nc(-c3c(F)cccc3F)nc(Nc3ccccc3)c21. The molecule has 0 saturated carbocycles. The lowest BCUT2D eigenvalue weighted by Crippen LogP contribution is -2.21. The van der Waals surface area contributed by atoms with E-state index in [2.05, 4.69) is 20.6 Å². The molecule has 170 valence electrons. The number of halogens is 2. The lowest BCUT2D eigenvalue weighted by atomic mass is 10.1. The van der Waals surface area contributed by atoms with Gasteiger partial charge in [-0.1, -0.05) is 31.2 Å². The van der Waals surface area contributed by atoms with Gasteiger partial charge in [0.15, 0.2) is 5.82 Å². The molecule has 2 amide bonds. The van der Waals surface area contributed by atoms with Gasteiger partial charge in [0.1, 0.15) is 23.0 Å². The minimum atomic E-state index is -0.761. The summed E-state index contributed by atoms with van der Waals surface area (Å²) in [6.07, 6.45) is 1.04. The molecular weight excluding hydrogens is 428 g/mol. The summed E-state index contributed by atoms with van der Waals surface area (Å²) in [6, 6.07) is 12.6. The molecule has 2 N–H and O–H groups in total. The van der Waals surface area contributed by atoms with Gasteiger partial charge in [-0.05, 0) is 30.7 Å². The Bertz CT molecular complexity index is 1170. The van der Waals surface area contributed by atoms with E-state index in [9.17, 15) is 18.4 Å². The minimum Gasteiger partial charge on any atom is -0.346 e. The van der Waals surface area contributed by atoms with Gasteiger partial charge in [-0.15, -0.1) is 0 Å². The number of nitrogens with zero attached hydrogens (tertiary/aromatic N) is 3. The maximum absolute atomic E-state index is 14.1. The molecule has 1 fully saturated rings. The van der Waals surface area contributed by atoms with Crippen molar-refractivity contribution in [3.63, 3.8) is 0 Å². The summed E-state index contributed by atoms with van der Waals surface area (Å²) < 4.78 is 28.2. The Hall–Kier alpha value is -3.88. The maximum atomic E-state index is 14.1. The molecule has 0 bridgehead atoms. The van der Waals surface area contributed by atoms with Crippen molar-refractivity contribution in [2.75, 3.05) is 18.9 Å². The second-order valence-electron chi connectivity index (χ2n) is 7.94. The number of aromatic nitrogens is 2. The first-order valence-corrected chi connectivity index (χ1v) is 10.6. The third kappa shape index (κ3) is 4.67. The molecule has 0 spiro atoms. The Morgan fingerprint density at radius 3 is 2.27 bits per heavy atom. The van der Waals surface area contributed by atoms with Crippen molar-refractivity contribution < 1.29 is 18.4 Å². The van der Waals surface area contributed by atoms with Crippen molar-refractivity contribution in [3.8, 4) is 11.4 Å². The fourth-order valence-electron chi connectivity index (χ4n) is 3.70. The molecule has 7 nitrogen and oxygen atoms in total. The molecule has 1 unspecified atom stereocenters. The number of rotatable bonds is 3. The van der Waals surface area contributed by atoms with E-state index in [1.807, 2.05) is 32.2 Å². The molecule has 0 aliphatic carbocycles. The predicted octanol–water partition coefficient (Wildman–Crippen LogP) is 3.89. The first-order valence-electron chi connectivity index (χ1n) is 10.6. The molecule has 0 radical (unpaired) electrons. The van der Waals surface area contributed by atoms with Crippen LogP contribution in [0.2, 0.25) is 0 Å². The Morgan fingerprint density at radius 1 is 1.00 bits per heavy atom. The number of anilines is 2. The van der Waals surface area contributed by atoms with E-state index in [0.29, 0.717) is 17.3 Å². The number of carbonyl (C=O) groups is 2. The Balaban J connectivity index is 0.000000275. The van der Waals surface area contributed by atoms with Crippen LogP contribution < -0.4 is 10.6 Å². The first-order chi connectivity index (χ1) is 15.8. The molecule has 2 aromatic carbocycles. The summed E-state index contributed by atoms with van der Waals surface area (Å²) in [5.74, 6) is -1.17. The molecule has 33 heavy (non-hydrogen) atoms. The topological polar surface area (TPSA) is 87.2 Å². The van der Waals surface area contributed by atoms with Crippen molar-refractivity contribution >= 4 is 23.3 Å². The average Bonchev–Trinajstić information content (AvgIpc) is 3.32. The van der Waals surface area contributed by atoms with Gasteiger partial charge < -0.3 is 15.5 Å². The quantitative estimate of drug-likeness (QED) is 0.631. The Labute approximate surface area is 189 Å². The lowest BCUT2D eigenvalue weighted by Gasteiger charge is -2.11. The standard InChI is InChI=1S/C18H12F2N4O.C6H11NO/c19-11-7-4-8-12(20)14(11)16-23-13-9-21-18(25)15(13)17(24-16)22-10-5-2-1-3-6-10;1-5-3-4-7(2)6(5)8/h1-8H,9H2,(H,21,25)(H,22,23,24);5H,3-4H2,1-2H3. The fraction of sp³-hybridized carbons (Fsp3) is 0.250. The van der Waals surface area contributed by atoms with Crippen LogP contribution in [0.3, 0.4) is 0 Å². The third-order valence-corrected chi connectivity index (χ3v) is 5.55. The number of benzene rings is 2. The van der Waals surface area contributed by atoms with Crippen LogP contribution >= 0.6 is 0 Å². The van der Waals surface area contributed by atoms with Crippen LogP contribution in [-0.4, -0.2) is 40.3 Å². The number of amides is 2. The summed E-state index contributed by atoms with van der Waals surface area (Å²) in [4.78, 5) is 33.1. The van der Waals surface area contributed by atoms with Gasteiger partial charge in [0.05, 0.1) is 17.8 Å². The zero-order valence-electron chi connectivity index (χ0n) is 18.2. The Morgan fingerprint density at radius 2 is 1.70 bits per heavy atom. The van der Waals surface area contributed by atoms with E-state index in [1.165, 1.54) is 6.07 Å². The van der Waals surface area contributed by atoms with Gasteiger partial charge in [-0.25, -0.2) is 18.7 Å². The van der Waals surface area contributed by atoms with Crippen LogP contribution in [-0.2, 0) is 11.3 Å². The van der Waals surface area contributed by atoms with Crippen molar-refractivity contribution in [3.05, 3.63) is 71.4 Å². The lowest BCUT2D eigenvalue weighted by molar-refractivity contribution is -0.129. The fourth-order valence-corrected chi connectivity index (χ4v) is 3.70. The number of hydrogen-bond donors (Lipinski definition) is 2. The largest absolute Gasteiger partial charge is 0.346 e. The second-order valence-corrected chi connectivity index (χ2v) is 7.94. The highest BCUT2D eigenvalue weighted by atomic mass is 19.1. The van der Waals surface area contributed by atoms with E-state index in [4.69, 9.17) is 0 Å². The highest BCUT2D eigenvalue weighted by Crippen LogP contribution is 2.30. The number of likely N-dealkylation sites (tertiary alicyclic amines) is 1. The highest BCUT2D eigenvalue weighted by molar-refractivity contribution is 6.03. The smallest absolute Gasteiger partial charge is 0.257 e. The Kier molecular flexibility index (Phi) is 6.30. The predicted molar refractivity (Wildman–Crippen MR) is 120 cm³/mol. The number of hydrogen-bond acceptors (Lipinski definition) is 5. The van der Waals surface area contributed by atoms with Crippen molar-refractivity contribution in [1.82, 2.24) is 20.2 Å². The van der Waals surface area contributed by atoms with Gasteiger partial charge in [-0.2, -0.15) is 0 Å². The van der Waals surface area contributed by atoms with E-state index >= 15 is 0 Å². The maximum Gasteiger partial charge on any atom is 0.257 e. The summed E-state index contributed by atoms with van der Waals surface area (Å²) in [6.45, 7) is 3.11. The zero-order chi connectivity index (χ0) is 23.5. The van der Waals surface area contributed by atoms with Crippen LogP contribution in [0.5, 0.6) is 0 Å². The van der Waals surface area contributed by atoms with Gasteiger partial charge in [0.25, 0.3) is 5.91 Å². The van der Waals surface area contributed by atoms with E-state index in [1.54, 1.807) is 17.0 Å². The number of fused-ring (bicyclic) bond motifs is 1. The van der Waals surface area contributed by atoms with Crippen LogP contribution in [0.4, 0.5) is 20.3 Å². The monoisotopic (exact) mass is 451 g/mol. The average molecular weight is 451 g/mol. The van der Waals surface area contributed by atoms with Gasteiger partial charge in [-0.3, -0.25) is 9.59 Å². The van der Waals surface area contributed by atoms with Crippen LogP contribution in [0, 0.1) is 17.6 Å². The van der Waals surface area contributed by atoms with Gasteiger partial charge in [0.2, 0.25) is 5.91 Å². The zero-order valence-corrected chi connectivity index (χ0v) is 18.2. The van der Waals surface area contributed by atoms with E-state index in [-0.39, 0.29) is 41.1 Å². The third-order valence-electron chi connectivity index (χ3n) is 5.55. The molecule has 9 heteroatoms.